The molecule has 1 saturated heterocycles. The monoisotopic (exact) mass is 292 g/mol. The molecule has 0 saturated carbocycles. The zero-order valence-corrected chi connectivity index (χ0v) is 13.7. The minimum Gasteiger partial charge on any atom is -0.309 e. The average molecular weight is 292 g/mol. The predicted octanol–water partition coefficient (Wildman–Crippen LogP) is 3.38. The van der Waals surface area contributed by atoms with Gasteiger partial charge in [-0.25, -0.2) is 0 Å². The first kappa shape index (κ1) is 15.9. The molecule has 0 amide bonds. The molecule has 1 N–H and O–H groups in total. The fourth-order valence-corrected chi connectivity index (χ4v) is 3.61. The number of piperidine rings is 1. The first-order chi connectivity index (χ1) is 9.78. The van der Waals surface area contributed by atoms with E-state index in [-0.39, 0.29) is 0 Å². The van der Waals surface area contributed by atoms with Crippen molar-refractivity contribution in [2.75, 3.05) is 24.6 Å². The van der Waals surface area contributed by atoms with Gasteiger partial charge in [0.25, 0.3) is 0 Å². The summed E-state index contributed by atoms with van der Waals surface area (Å²) >= 11 is 2.03. The van der Waals surface area contributed by atoms with Crippen molar-refractivity contribution in [3.63, 3.8) is 0 Å². The Morgan fingerprint density at radius 3 is 2.90 bits per heavy atom. The van der Waals surface area contributed by atoms with Crippen LogP contribution in [0.4, 0.5) is 0 Å². The van der Waals surface area contributed by atoms with Gasteiger partial charge in [0.05, 0.1) is 0 Å². The van der Waals surface area contributed by atoms with Crippen LogP contribution in [-0.2, 0) is 6.54 Å². The summed E-state index contributed by atoms with van der Waals surface area (Å²) in [4.78, 5) is 2.59. The lowest BCUT2D eigenvalue weighted by Gasteiger charge is -2.34. The van der Waals surface area contributed by atoms with Crippen molar-refractivity contribution < 1.29 is 0 Å². The number of likely N-dealkylation sites (tertiary alicyclic amines) is 1. The van der Waals surface area contributed by atoms with Crippen LogP contribution in [0.1, 0.15) is 32.3 Å². The summed E-state index contributed by atoms with van der Waals surface area (Å²) in [6.45, 7) is 8.08. The number of benzene rings is 1. The van der Waals surface area contributed by atoms with Crippen LogP contribution in [-0.4, -0.2) is 41.6 Å². The van der Waals surface area contributed by atoms with Crippen molar-refractivity contribution in [1.29, 1.82) is 0 Å². The van der Waals surface area contributed by atoms with Gasteiger partial charge in [-0.05, 0) is 37.6 Å². The first-order valence-corrected chi connectivity index (χ1v) is 9.03. The largest absolute Gasteiger partial charge is 0.309 e. The second-order valence-corrected chi connectivity index (χ2v) is 7.11. The normalized spacial score (nSPS) is 21.8. The van der Waals surface area contributed by atoms with Crippen LogP contribution in [0.15, 0.2) is 30.3 Å². The van der Waals surface area contributed by atoms with Gasteiger partial charge in [0.15, 0.2) is 0 Å². The molecule has 0 spiro atoms. The maximum absolute atomic E-state index is 3.81. The van der Waals surface area contributed by atoms with Gasteiger partial charge in [-0.15, -0.1) is 0 Å². The van der Waals surface area contributed by atoms with E-state index in [0.717, 1.165) is 6.54 Å². The molecular formula is C17H28N2S. The van der Waals surface area contributed by atoms with Gasteiger partial charge in [-0.2, -0.15) is 11.8 Å². The van der Waals surface area contributed by atoms with Gasteiger partial charge in [0.1, 0.15) is 0 Å². The maximum atomic E-state index is 3.81. The molecule has 2 atom stereocenters. The van der Waals surface area contributed by atoms with Crippen molar-refractivity contribution >= 4 is 11.8 Å². The van der Waals surface area contributed by atoms with E-state index in [1.807, 2.05) is 11.8 Å². The number of nitrogens with one attached hydrogen (secondary N) is 1. The van der Waals surface area contributed by atoms with Crippen LogP contribution in [0.2, 0.25) is 0 Å². The second kappa shape index (κ2) is 8.71. The van der Waals surface area contributed by atoms with E-state index in [0.29, 0.717) is 12.1 Å². The fourth-order valence-electron chi connectivity index (χ4n) is 2.92. The van der Waals surface area contributed by atoms with Crippen molar-refractivity contribution in [3.05, 3.63) is 35.9 Å². The van der Waals surface area contributed by atoms with Crippen molar-refractivity contribution in [2.45, 2.75) is 45.3 Å². The summed E-state index contributed by atoms with van der Waals surface area (Å²) in [5.41, 5.74) is 1.43. The number of rotatable bonds is 7. The Balaban J connectivity index is 1.76. The summed E-state index contributed by atoms with van der Waals surface area (Å²) in [7, 11) is 0. The molecule has 2 unspecified atom stereocenters. The standard InChI is InChI=1S/C17H28N2S/c1-3-20-14-15(2)18-17-10-7-11-19(13-17)12-16-8-5-4-6-9-16/h4-6,8-9,15,17-18H,3,7,10-14H2,1-2H3. The third-order valence-electron chi connectivity index (χ3n) is 3.85. The zero-order valence-electron chi connectivity index (χ0n) is 12.8. The van der Waals surface area contributed by atoms with Crippen LogP contribution >= 0.6 is 11.8 Å². The molecule has 2 rings (SSSR count). The van der Waals surface area contributed by atoms with Crippen LogP contribution < -0.4 is 5.32 Å². The van der Waals surface area contributed by atoms with E-state index in [1.165, 1.54) is 43.0 Å². The molecule has 112 valence electrons. The van der Waals surface area contributed by atoms with Gasteiger partial charge >= 0.3 is 0 Å². The second-order valence-electron chi connectivity index (χ2n) is 5.79. The summed E-state index contributed by atoms with van der Waals surface area (Å²) in [6.07, 6.45) is 2.64. The smallest absolute Gasteiger partial charge is 0.0234 e. The molecule has 20 heavy (non-hydrogen) atoms. The summed E-state index contributed by atoms with van der Waals surface area (Å²) in [5.74, 6) is 2.45. The molecule has 1 aliphatic heterocycles. The lowest BCUT2D eigenvalue weighted by Crippen LogP contribution is -2.48. The van der Waals surface area contributed by atoms with E-state index in [9.17, 15) is 0 Å². The summed E-state index contributed by atoms with van der Waals surface area (Å²) in [5, 5.41) is 3.81. The third kappa shape index (κ3) is 5.47. The maximum Gasteiger partial charge on any atom is 0.0234 e. The van der Waals surface area contributed by atoms with Gasteiger partial charge < -0.3 is 5.32 Å². The Labute approximate surface area is 128 Å². The highest BCUT2D eigenvalue weighted by Crippen LogP contribution is 2.14. The molecule has 0 aliphatic carbocycles. The van der Waals surface area contributed by atoms with E-state index in [4.69, 9.17) is 0 Å². The molecule has 1 aromatic carbocycles. The summed E-state index contributed by atoms with van der Waals surface area (Å²) in [6, 6.07) is 12.1. The summed E-state index contributed by atoms with van der Waals surface area (Å²) < 4.78 is 0. The van der Waals surface area contributed by atoms with E-state index in [2.05, 4.69) is 54.4 Å². The van der Waals surface area contributed by atoms with Crippen LogP contribution in [0, 0.1) is 0 Å². The molecular weight excluding hydrogens is 264 g/mol. The molecule has 0 aromatic heterocycles. The quantitative estimate of drug-likeness (QED) is 0.829. The third-order valence-corrected chi connectivity index (χ3v) is 4.99. The molecule has 0 bridgehead atoms. The number of thioether (sulfide) groups is 1. The Morgan fingerprint density at radius 1 is 1.35 bits per heavy atom. The lowest BCUT2D eigenvalue weighted by atomic mass is 10.0. The first-order valence-electron chi connectivity index (χ1n) is 7.88. The molecule has 2 nitrogen and oxygen atoms in total. The SMILES string of the molecule is CCSCC(C)NC1CCCN(Cc2ccccc2)C1. The topological polar surface area (TPSA) is 15.3 Å². The number of hydrogen-bond acceptors (Lipinski definition) is 3. The van der Waals surface area contributed by atoms with E-state index < -0.39 is 0 Å². The highest BCUT2D eigenvalue weighted by Gasteiger charge is 2.20. The highest BCUT2D eigenvalue weighted by molar-refractivity contribution is 7.99. The van der Waals surface area contributed by atoms with Crippen molar-refractivity contribution in [2.24, 2.45) is 0 Å². The number of nitrogens with zero attached hydrogens (tertiary/aromatic N) is 1. The van der Waals surface area contributed by atoms with Crippen LogP contribution in [0.3, 0.4) is 0 Å². The molecule has 1 aliphatic rings. The molecule has 1 aromatic rings. The Bertz CT molecular complexity index is 369. The highest BCUT2D eigenvalue weighted by atomic mass is 32.2. The van der Waals surface area contributed by atoms with Gasteiger partial charge in [-0.1, -0.05) is 37.3 Å². The Morgan fingerprint density at radius 2 is 2.15 bits per heavy atom. The average Bonchev–Trinajstić information content (AvgIpc) is 2.46. The Hall–Kier alpha value is -0.510. The van der Waals surface area contributed by atoms with Gasteiger partial charge in [-0.3, -0.25) is 4.90 Å². The molecule has 1 fully saturated rings. The van der Waals surface area contributed by atoms with Crippen LogP contribution in [0.5, 0.6) is 0 Å². The van der Waals surface area contributed by atoms with E-state index >= 15 is 0 Å². The zero-order chi connectivity index (χ0) is 14.2. The fraction of sp³-hybridized carbons (Fsp3) is 0.647. The molecule has 3 heteroatoms. The van der Waals surface area contributed by atoms with Gasteiger partial charge in [0, 0.05) is 30.9 Å². The molecule has 1 heterocycles. The van der Waals surface area contributed by atoms with Crippen molar-refractivity contribution in [3.8, 4) is 0 Å². The number of hydrogen-bond donors (Lipinski definition) is 1. The van der Waals surface area contributed by atoms with E-state index in [1.54, 1.807) is 0 Å². The van der Waals surface area contributed by atoms with Crippen molar-refractivity contribution in [1.82, 2.24) is 10.2 Å². The minimum absolute atomic E-state index is 0.627. The minimum atomic E-state index is 0.627. The Kier molecular flexibility index (Phi) is 6.91. The lowest BCUT2D eigenvalue weighted by molar-refractivity contribution is 0.179. The van der Waals surface area contributed by atoms with Gasteiger partial charge in [0.2, 0.25) is 0 Å². The molecule has 0 radical (unpaired) electrons. The van der Waals surface area contributed by atoms with Crippen LogP contribution in [0.25, 0.3) is 0 Å². The predicted molar refractivity (Wildman–Crippen MR) is 90.3 cm³/mol.